The van der Waals surface area contributed by atoms with Crippen molar-refractivity contribution in [3.63, 3.8) is 0 Å². The van der Waals surface area contributed by atoms with Gasteiger partial charge in [-0.2, -0.15) is 0 Å². The lowest BCUT2D eigenvalue weighted by Crippen LogP contribution is -2.36. The van der Waals surface area contributed by atoms with Gasteiger partial charge in [-0.1, -0.05) is 20.3 Å². The summed E-state index contributed by atoms with van der Waals surface area (Å²) in [7, 11) is 3.67. The summed E-state index contributed by atoms with van der Waals surface area (Å²) >= 11 is 0. The molecule has 0 amide bonds. The van der Waals surface area contributed by atoms with Gasteiger partial charge in [0.25, 0.3) is 0 Å². The fraction of sp³-hybridized carbons (Fsp3) is 1.00. The maximum atomic E-state index is 5.46. The molecule has 0 saturated heterocycles. The Labute approximate surface area is 81.8 Å². The highest BCUT2D eigenvalue weighted by Gasteiger charge is 2.12. The van der Waals surface area contributed by atoms with Crippen molar-refractivity contribution in [3.8, 4) is 0 Å². The Morgan fingerprint density at radius 3 is 2.46 bits per heavy atom. The fourth-order valence-corrected chi connectivity index (χ4v) is 1.17. The van der Waals surface area contributed by atoms with E-state index in [1.807, 2.05) is 7.05 Å². The van der Waals surface area contributed by atoms with E-state index in [4.69, 9.17) is 9.47 Å². The van der Waals surface area contributed by atoms with Crippen LogP contribution in [0.3, 0.4) is 0 Å². The molecule has 2 atom stereocenters. The lowest BCUT2D eigenvalue weighted by molar-refractivity contribution is 0.0515. The second kappa shape index (κ2) is 8.48. The van der Waals surface area contributed by atoms with Crippen molar-refractivity contribution < 1.29 is 9.47 Å². The molecule has 3 nitrogen and oxygen atoms in total. The summed E-state index contributed by atoms with van der Waals surface area (Å²) in [5, 5.41) is 3.26. The number of methoxy groups -OCH3 is 1. The summed E-state index contributed by atoms with van der Waals surface area (Å²) in [5.74, 6) is 0.660. The quantitative estimate of drug-likeness (QED) is 0.584. The van der Waals surface area contributed by atoms with Crippen molar-refractivity contribution in [1.29, 1.82) is 0 Å². The van der Waals surface area contributed by atoms with Crippen molar-refractivity contribution in [2.45, 2.75) is 26.3 Å². The average Bonchev–Trinajstić information content (AvgIpc) is 2.17. The highest BCUT2D eigenvalue weighted by Crippen LogP contribution is 2.07. The Bertz CT molecular complexity index is 109. The summed E-state index contributed by atoms with van der Waals surface area (Å²) in [6, 6.07) is 0.460. The topological polar surface area (TPSA) is 30.5 Å². The maximum Gasteiger partial charge on any atom is 0.0701 e. The van der Waals surface area contributed by atoms with Gasteiger partial charge in [0.1, 0.15) is 0 Å². The van der Waals surface area contributed by atoms with E-state index in [2.05, 4.69) is 19.2 Å². The molecule has 0 aromatic rings. The first-order valence-electron chi connectivity index (χ1n) is 5.00. The second-order valence-corrected chi connectivity index (χ2v) is 3.35. The van der Waals surface area contributed by atoms with Crippen LogP contribution in [0.4, 0.5) is 0 Å². The van der Waals surface area contributed by atoms with Crippen LogP contribution in [-0.4, -0.2) is 40.0 Å². The van der Waals surface area contributed by atoms with Crippen molar-refractivity contribution in [2.24, 2.45) is 5.92 Å². The molecule has 0 saturated carbocycles. The Morgan fingerprint density at radius 2 is 2.00 bits per heavy atom. The van der Waals surface area contributed by atoms with Crippen LogP contribution in [0.15, 0.2) is 0 Å². The van der Waals surface area contributed by atoms with Crippen LogP contribution in [0.1, 0.15) is 20.3 Å². The molecule has 0 aliphatic carbocycles. The lowest BCUT2D eigenvalue weighted by Gasteiger charge is -2.22. The van der Waals surface area contributed by atoms with Crippen molar-refractivity contribution in [2.75, 3.05) is 34.0 Å². The van der Waals surface area contributed by atoms with Crippen molar-refractivity contribution in [3.05, 3.63) is 0 Å². The van der Waals surface area contributed by atoms with Gasteiger partial charge in [-0.3, -0.25) is 0 Å². The normalized spacial score (nSPS) is 15.7. The zero-order valence-corrected chi connectivity index (χ0v) is 9.30. The standard InChI is InChI=1S/C10H23NO2/c1-5-9(2)10(11-3)8-13-7-6-12-4/h9-11H,5-8H2,1-4H3. The minimum Gasteiger partial charge on any atom is -0.382 e. The van der Waals surface area contributed by atoms with Gasteiger partial charge < -0.3 is 14.8 Å². The van der Waals surface area contributed by atoms with Gasteiger partial charge >= 0.3 is 0 Å². The molecule has 0 aliphatic rings. The summed E-state index contributed by atoms with van der Waals surface area (Å²) in [6.45, 7) is 6.57. The smallest absolute Gasteiger partial charge is 0.0701 e. The van der Waals surface area contributed by atoms with E-state index in [0.717, 1.165) is 6.61 Å². The molecule has 0 fully saturated rings. The molecule has 0 heterocycles. The first-order chi connectivity index (χ1) is 6.26. The Morgan fingerprint density at radius 1 is 1.31 bits per heavy atom. The summed E-state index contributed by atoms with van der Waals surface area (Å²) in [6.07, 6.45) is 1.18. The summed E-state index contributed by atoms with van der Waals surface area (Å²) in [4.78, 5) is 0. The van der Waals surface area contributed by atoms with E-state index in [-0.39, 0.29) is 0 Å². The number of ether oxygens (including phenoxy) is 2. The van der Waals surface area contributed by atoms with E-state index >= 15 is 0 Å². The number of hydrogen-bond acceptors (Lipinski definition) is 3. The molecule has 2 unspecified atom stereocenters. The molecule has 13 heavy (non-hydrogen) atoms. The molecule has 80 valence electrons. The molecular weight excluding hydrogens is 166 g/mol. The third kappa shape index (κ3) is 6.02. The number of hydrogen-bond donors (Lipinski definition) is 1. The first kappa shape index (κ1) is 12.9. The van der Waals surface area contributed by atoms with Crippen LogP contribution in [0.25, 0.3) is 0 Å². The SMILES string of the molecule is CCC(C)C(COCCOC)NC. The van der Waals surface area contributed by atoms with Crippen LogP contribution in [0, 0.1) is 5.92 Å². The van der Waals surface area contributed by atoms with Crippen LogP contribution >= 0.6 is 0 Å². The lowest BCUT2D eigenvalue weighted by atomic mass is 10.0. The molecule has 0 aliphatic heterocycles. The van der Waals surface area contributed by atoms with Gasteiger partial charge in [-0.15, -0.1) is 0 Å². The highest BCUT2D eigenvalue weighted by atomic mass is 16.5. The number of rotatable bonds is 8. The van der Waals surface area contributed by atoms with Gasteiger partial charge in [-0.05, 0) is 13.0 Å². The van der Waals surface area contributed by atoms with Crippen LogP contribution < -0.4 is 5.32 Å². The van der Waals surface area contributed by atoms with E-state index in [9.17, 15) is 0 Å². The van der Waals surface area contributed by atoms with E-state index in [1.165, 1.54) is 6.42 Å². The predicted octanol–water partition coefficient (Wildman–Crippen LogP) is 1.28. The van der Waals surface area contributed by atoms with Crippen molar-refractivity contribution in [1.82, 2.24) is 5.32 Å². The van der Waals surface area contributed by atoms with Crippen LogP contribution in [0.5, 0.6) is 0 Å². The fourth-order valence-electron chi connectivity index (χ4n) is 1.17. The van der Waals surface area contributed by atoms with Gasteiger partial charge in [0.05, 0.1) is 19.8 Å². The van der Waals surface area contributed by atoms with E-state index < -0.39 is 0 Å². The molecule has 0 aromatic heterocycles. The molecular formula is C10H23NO2. The molecule has 1 N–H and O–H groups in total. The highest BCUT2D eigenvalue weighted by molar-refractivity contribution is 4.69. The maximum absolute atomic E-state index is 5.46. The third-order valence-corrected chi connectivity index (χ3v) is 2.43. The van der Waals surface area contributed by atoms with Gasteiger partial charge in [-0.25, -0.2) is 0 Å². The van der Waals surface area contributed by atoms with Crippen LogP contribution in [-0.2, 0) is 9.47 Å². The minimum absolute atomic E-state index is 0.460. The zero-order valence-electron chi connectivity index (χ0n) is 9.30. The van der Waals surface area contributed by atoms with Gasteiger partial charge in [0.2, 0.25) is 0 Å². The Hall–Kier alpha value is -0.120. The van der Waals surface area contributed by atoms with E-state index in [0.29, 0.717) is 25.2 Å². The third-order valence-electron chi connectivity index (χ3n) is 2.43. The number of likely N-dealkylation sites (N-methyl/N-ethyl adjacent to an activating group) is 1. The van der Waals surface area contributed by atoms with Crippen LogP contribution in [0.2, 0.25) is 0 Å². The zero-order chi connectivity index (χ0) is 10.1. The minimum atomic E-state index is 0.460. The molecule has 0 rings (SSSR count). The molecule has 0 radical (unpaired) electrons. The summed E-state index contributed by atoms with van der Waals surface area (Å²) < 4.78 is 10.4. The molecule has 3 heteroatoms. The second-order valence-electron chi connectivity index (χ2n) is 3.35. The Kier molecular flexibility index (Phi) is 8.40. The summed E-state index contributed by atoms with van der Waals surface area (Å²) in [5.41, 5.74) is 0. The largest absolute Gasteiger partial charge is 0.382 e. The molecule has 0 spiro atoms. The monoisotopic (exact) mass is 189 g/mol. The first-order valence-corrected chi connectivity index (χ1v) is 5.00. The Balaban J connectivity index is 3.47. The van der Waals surface area contributed by atoms with Crippen molar-refractivity contribution >= 4 is 0 Å². The van der Waals surface area contributed by atoms with Gasteiger partial charge in [0.15, 0.2) is 0 Å². The van der Waals surface area contributed by atoms with Gasteiger partial charge in [0, 0.05) is 13.2 Å². The number of nitrogens with one attached hydrogen (secondary N) is 1. The van der Waals surface area contributed by atoms with E-state index in [1.54, 1.807) is 7.11 Å². The average molecular weight is 189 g/mol. The molecule has 0 bridgehead atoms. The molecule has 0 aromatic carbocycles. The predicted molar refractivity (Wildman–Crippen MR) is 55.0 cm³/mol.